The third kappa shape index (κ3) is 2.34. The second-order valence-electron chi connectivity index (χ2n) is 4.82. The highest BCUT2D eigenvalue weighted by atomic mass is 32.2. The molecule has 2 aromatic rings. The molecule has 1 aliphatic heterocycles. The number of hydrogen-bond acceptors (Lipinski definition) is 4. The van der Waals surface area contributed by atoms with Crippen molar-refractivity contribution in [3.8, 4) is 11.3 Å². The van der Waals surface area contributed by atoms with E-state index in [1.807, 2.05) is 36.5 Å². The maximum absolute atomic E-state index is 11.7. The quantitative estimate of drug-likeness (QED) is 0.848. The van der Waals surface area contributed by atoms with Crippen molar-refractivity contribution in [2.45, 2.75) is 13.0 Å². The van der Waals surface area contributed by atoms with Gasteiger partial charge < -0.3 is 0 Å². The SMILES string of the molecule is CCS(=O)(=O)N1CC(n2cc(-c3ccccc3)nn2)C1. The molecule has 2 heterocycles. The van der Waals surface area contributed by atoms with Crippen molar-refractivity contribution in [2.75, 3.05) is 18.8 Å². The molecule has 1 aromatic heterocycles. The van der Waals surface area contributed by atoms with Crippen molar-refractivity contribution >= 4 is 10.0 Å². The zero-order valence-corrected chi connectivity index (χ0v) is 12.0. The highest BCUT2D eigenvalue weighted by Crippen LogP contribution is 2.25. The molecular formula is C13H16N4O2S. The minimum Gasteiger partial charge on any atom is -0.246 e. The van der Waals surface area contributed by atoms with Crippen LogP contribution in [-0.2, 0) is 10.0 Å². The highest BCUT2D eigenvalue weighted by molar-refractivity contribution is 7.89. The molecule has 20 heavy (non-hydrogen) atoms. The van der Waals surface area contributed by atoms with Crippen molar-refractivity contribution in [3.05, 3.63) is 36.5 Å². The van der Waals surface area contributed by atoms with Crippen LogP contribution < -0.4 is 0 Å². The van der Waals surface area contributed by atoms with Crippen LogP contribution in [-0.4, -0.2) is 46.6 Å². The van der Waals surface area contributed by atoms with Gasteiger partial charge in [-0.05, 0) is 6.92 Å². The Morgan fingerprint density at radius 2 is 1.95 bits per heavy atom. The van der Waals surface area contributed by atoms with Gasteiger partial charge in [0.25, 0.3) is 0 Å². The van der Waals surface area contributed by atoms with E-state index in [0.717, 1.165) is 11.3 Å². The standard InChI is InChI=1S/C13H16N4O2S/c1-2-20(18,19)16-8-12(9-16)17-10-13(14-15-17)11-6-4-3-5-7-11/h3-7,10,12H,2,8-9H2,1H3. The van der Waals surface area contributed by atoms with Crippen LogP contribution in [0.1, 0.15) is 13.0 Å². The summed E-state index contributed by atoms with van der Waals surface area (Å²) in [5.41, 5.74) is 1.82. The molecule has 0 atom stereocenters. The summed E-state index contributed by atoms with van der Waals surface area (Å²) in [6.07, 6.45) is 1.87. The number of aromatic nitrogens is 3. The fourth-order valence-corrected chi connectivity index (χ4v) is 3.35. The third-order valence-corrected chi connectivity index (χ3v) is 5.36. The summed E-state index contributed by atoms with van der Waals surface area (Å²) >= 11 is 0. The number of sulfonamides is 1. The van der Waals surface area contributed by atoms with E-state index in [1.54, 1.807) is 11.6 Å². The van der Waals surface area contributed by atoms with E-state index >= 15 is 0 Å². The lowest BCUT2D eigenvalue weighted by molar-refractivity contribution is 0.189. The molecule has 0 saturated carbocycles. The van der Waals surface area contributed by atoms with E-state index in [1.165, 1.54) is 4.31 Å². The van der Waals surface area contributed by atoms with Gasteiger partial charge in [0.1, 0.15) is 5.69 Å². The Hall–Kier alpha value is -1.73. The summed E-state index contributed by atoms with van der Waals surface area (Å²) in [6, 6.07) is 9.89. The van der Waals surface area contributed by atoms with Gasteiger partial charge in [-0.25, -0.2) is 13.1 Å². The normalized spacial score (nSPS) is 17.1. The fourth-order valence-electron chi connectivity index (χ4n) is 2.19. The number of rotatable bonds is 4. The largest absolute Gasteiger partial charge is 0.246 e. The maximum atomic E-state index is 11.7. The molecule has 1 saturated heterocycles. The number of nitrogens with zero attached hydrogens (tertiary/aromatic N) is 4. The van der Waals surface area contributed by atoms with E-state index in [-0.39, 0.29) is 11.8 Å². The lowest BCUT2D eigenvalue weighted by Gasteiger charge is -2.37. The summed E-state index contributed by atoms with van der Waals surface area (Å²) in [5, 5.41) is 8.24. The molecule has 1 aromatic carbocycles. The Balaban J connectivity index is 1.71. The Morgan fingerprint density at radius 3 is 2.60 bits per heavy atom. The summed E-state index contributed by atoms with van der Waals surface area (Å²) in [4.78, 5) is 0. The fraction of sp³-hybridized carbons (Fsp3) is 0.385. The minimum atomic E-state index is -3.08. The lowest BCUT2D eigenvalue weighted by atomic mass is 10.1. The first-order chi connectivity index (χ1) is 9.60. The molecule has 0 N–H and O–H groups in total. The van der Waals surface area contributed by atoms with Gasteiger partial charge >= 0.3 is 0 Å². The first kappa shape index (κ1) is 13.3. The topological polar surface area (TPSA) is 68.1 Å². The average Bonchev–Trinajstić information content (AvgIpc) is 2.87. The molecule has 1 fully saturated rings. The molecule has 0 radical (unpaired) electrons. The van der Waals surface area contributed by atoms with Crippen LogP contribution in [0.4, 0.5) is 0 Å². The summed E-state index contributed by atoms with van der Waals surface area (Å²) < 4.78 is 26.6. The van der Waals surface area contributed by atoms with Crippen LogP contribution in [0, 0.1) is 0 Å². The monoisotopic (exact) mass is 292 g/mol. The summed E-state index contributed by atoms with van der Waals surface area (Å²) in [7, 11) is -3.08. The second-order valence-corrected chi connectivity index (χ2v) is 7.08. The van der Waals surface area contributed by atoms with Crippen molar-refractivity contribution in [1.82, 2.24) is 19.3 Å². The molecule has 0 aliphatic carbocycles. The van der Waals surface area contributed by atoms with Gasteiger partial charge in [0.2, 0.25) is 10.0 Å². The van der Waals surface area contributed by atoms with E-state index in [9.17, 15) is 8.42 Å². The molecule has 6 nitrogen and oxygen atoms in total. The van der Waals surface area contributed by atoms with Gasteiger partial charge in [-0.2, -0.15) is 4.31 Å². The van der Waals surface area contributed by atoms with Gasteiger partial charge in [-0.1, -0.05) is 35.5 Å². The van der Waals surface area contributed by atoms with Crippen LogP contribution >= 0.6 is 0 Å². The van der Waals surface area contributed by atoms with E-state index in [2.05, 4.69) is 10.3 Å². The molecule has 0 unspecified atom stereocenters. The van der Waals surface area contributed by atoms with Crippen molar-refractivity contribution in [1.29, 1.82) is 0 Å². The van der Waals surface area contributed by atoms with Crippen LogP contribution in [0.2, 0.25) is 0 Å². The molecule has 0 spiro atoms. The van der Waals surface area contributed by atoms with E-state index in [4.69, 9.17) is 0 Å². The number of hydrogen-bond donors (Lipinski definition) is 0. The summed E-state index contributed by atoms with van der Waals surface area (Å²) in [6.45, 7) is 2.62. The highest BCUT2D eigenvalue weighted by Gasteiger charge is 2.36. The van der Waals surface area contributed by atoms with Gasteiger partial charge in [-0.3, -0.25) is 0 Å². The predicted octanol–water partition coefficient (Wildman–Crippen LogP) is 1.15. The van der Waals surface area contributed by atoms with Crippen LogP contribution in [0.5, 0.6) is 0 Å². The van der Waals surface area contributed by atoms with Crippen LogP contribution in [0.15, 0.2) is 36.5 Å². The first-order valence-electron chi connectivity index (χ1n) is 6.55. The summed E-state index contributed by atoms with van der Waals surface area (Å²) in [5.74, 6) is 0.145. The van der Waals surface area contributed by atoms with Crippen LogP contribution in [0.25, 0.3) is 11.3 Å². The minimum absolute atomic E-state index is 0.0845. The molecular weight excluding hydrogens is 276 g/mol. The van der Waals surface area contributed by atoms with Gasteiger partial charge in [0.15, 0.2) is 0 Å². The third-order valence-electron chi connectivity index (χ3n) is 3.54. The molecule has 7 heteroatoms. The molecule has 0 bridgehead atoms. The van der Waals surface area contributed by atoms with Crippen molar-refractivity contribution in [2.24, 2.45) is 0 Å². The maximum Gasteiger partial charge on any atom is 0.213 e. The smallest absolute Gasteiger partial charge is 0.213 e. The number of benzene rings is 1. The van der Waals surface area contributed by atoms with Gasteiger partial charge in [0, 0.05) is 18.7 Å². The predicted molar refractivity (Wildman–Crippen MR) is 75.5 cm³/mol. The Kier molecular flexibility index (Phi) is 3.31. The van der Waals surface area contributed by atoms with Crippen LogP contribution in [0.3, 0.4) is 0 Å². The zero-order valence-electron chi connectivity index (χ0n) is 11.2. The molecule has 106 valence electrons. The Labute approximate surface area is 118 Å². The van der Waals surface area contributed by atoms with E-state index in [0.29, 0.717) is 13.1 Å². The second kappa shape index (κ2) is 4.99. The zero-order chi connectivity index (χ0) is 14.2. The molecule has 0 amide bonds. The molecule has 3 rings (SSSR count). The average molecular weight is 292 g/mol. The lowest BCUT2D eigenvalue weighted by Crippen LogP contribution is -2.51. The first-order valence-corrected chi connectivity index (χ1v) is 8.16. The Bertz CT molecular complexity index is 690. The van der Waals surface area contributed by atoms with Crippen molar-refractivity contribution < 1.29 is 8.42 Å². The van der Waals surface area contributed by atoms with Crippen molar-refractivity contribution in [3.63, 3.8) is 0 Å². The van der Waals surface area contributed by atoms with Gasteiger partial charge in [-0.15, -0.1) is 5.10 Å². The van der Waals surface area contributed by atoms with E-state index < -0.39 is 10.0 Å². The Morgan fingerprint density at radius 1 is 1.25 bits per heavy atom. The van der Waals surface area contributed by atoms with Gasteiger partial charge in [0.05, 0.1) is 18.0 Å². The molecule has 1 aliphatic rings.